The van der Waals surface area contributed by atoms with Gasteiger partial charge in [0.25, 0.3) is 17.5 Å². The zero-order valence-corrected chi connectivity index (χ0v) is 15.4. The van der Waals surface area contributed by atoms with Gasteiger partial charge >= 0.3 is 5.97 Å². The minimum atomic E-state index is -0.836. The van der Waals surface area contributed by atoms with E-state index in [0.29, 0.717) is 5.69 Å². The minimum Gasteiger partial charge on any atom is -0.482 e. The summed E-state index contributed by atoms with van der Waals surface area (Å²) in [5.74, 6) is -1.69. The lowest BCUT2D eigenvalue weighted by atomic mass is 10.2. The zero-order chi connectivity index (χ0) is 21.0. The molecule has 0 fully saturated rings. The van der Waals surface area contributed by atoms with Gasteiger partial charge in [-0.25, -0.2) is 0 Å². The smallest absolute Gasteiger partial charge is 0.326 e. The second-order valence-corrected chi connectivity index (χ2v) is 6.25. The minimum absolute atomic E-state index is 0.0940. The van der Waals surface area contributed by atoms with E-state index in [0.717, 1.165) is 16.5 Å². The van der Waals surface area contributed by atoms with E-state index in [-0.39, 0.29) is 23.7 Å². The number of esters is 1. The molecular weight excluding hydrogens is 382 g/mol. The van der Waals surface area contributed by atoms with Crippen molar-refractivity contribution in [2.24, 2.45) is 0 Å². The molecular formula is C19H17N3O7. The molecule has 10 nitrogen and oxygen atoms in total. The molecule has 1 aliphatic heterocycles. The Labute approximate surface area is 165 Å². The number of ether oxygens (including phenoxy) is 2. The molecule has 2 aromatic rings. The maximum Gasteiger partial charge on any atom is 0.326 e. The van der Waals surface area contributed by atoms with Gasteiger partial charge in [0.05, 0.1) is 10.6 Å². The van der Waals surface area contributed by atoms with Crippen molar-refractivity contribution in [2.75, 3.05) is 30.0 Å². The summed E-state index contributed by atoms with van der Waals surface area (Å²) in [6.07, 6.45) is 0. The fraction of sp³-hybridized carbons (Fsp3) is 0.211. The molecule has 0 saturated carbocycles. The van der Waals surface area contributed by atoms with Gasteiger partial charge in [-0.3, -0.25) is 29.4 Å². The first-order chi connectivity index (χ1) is 13.8. The van der Waals surface area contributed by atoms with Crippen LogP contribution in [0, 0.1) is 17.0 Å². The predicted octanol–water partition coefficient (Wildman–Crippen LogP) is 1.81. The summed E-state index contributed by atoms with van der Waals surface area (Å²) in [5.41, 5.74) is 1.43. The molecule has 29 heavy (non-hydrogen) atoms. The third kappa shape index (κ3) is 4.86. The molecule has 0 aliphatic carbocycles. The number of carbonyl (C=O) groups excluding carboxylic acids is 3. The number of nitrogens with zero attached hydrogens (tertiary/aromatic N) is 2. The van der Waals surface area contributed by atoms with E-state index in [2.05, 4.69) is 5.32 Å². The number of benzene rings is 2. The van der Waals surface area contributed by atoms with Gasteiger partial charge < -0.3 is 14.8 Å². The van der Waals surface area contributed by atoms with E-state index >= 15 is 0 Å². The maximum atomic E-state index is 12.1. The first-order valence-electron chi connectivity index (χ1n) is 8.57. The largest absolute Gasteiger partial charge is 0.482 e. The summed E-state index contributed by atoms with van der Waals surface area (Å²) < 4.78 is 10.1. The van der Waals surface area contributed by atoms with E-state index in [9.17, 15) is 24.5 Å². The van der Waals surface area contributed by atoms with Crippen LogP contribution in [0.2, 0.25) is 0 Å². The molecule has 0 saturated heterocycles. The normalized spacial score (nSPS) is 12.6. The van der Waals surface area contributed by atoms with Gasteiger partial charge in [0.1, 0.15) is 12.3 Å². The number of nitro groups is 1. The highest BCUT2D eigenvalue weighted by atomic mass is 16.6. The summed E-state index contributed by atoms with van der Waals surface area (Å²) in [6.45, 7) is 0.556. The van der Waals surface area contributed by atoms with Crippen molar-refractivity contribution < 1.29 is 28.8 Å². The summed E-state index contributed by atoms with van der Waals surface area (Å²) in [6, 6.07) is 10.8. The van der Waals surface area contributed by atoms with Crippen molar-refractivity contribution in [2.45, 2.75) is 6.92 Å². The lowest BCUT2D eigenvalue weighted by molar-refractivity contribution is -0.384. The van der Waals surface area contributed by atoms with Crippen LogP contribution in [0.3, 0.4) is 0 Å². The molecule has 2 aromatic carbocycles. The molecule has 1 aliphatic rings. The van der Waals surface area contributed by atoms with E-state index in [4.69, 9.17) is 9.47 Å². The first kappa shape index (κ1) is 19.8. The fourth-order valence-electron chi connectivity index (χ4n) is 2.63. The highest BCUT2D eigenvalue weighted by molar-refractivity contribution is 6.02. The lowest BCUT2D eigenvalue weighted by Gasteiger charge is -2.28. The Kier molecular flexibility index (Phi) is 5.72. The van der Waals surface area contributed by atoms with Crippen LogP contribution in [0.15, 0.2) is 42.5 Å². The zero-order valence-electron chi connectivity index (χ0n) is 15.4. The van der Waals surface area contributed by atoms with Crippen LogP contribution in [-0.2, 0) is 19.1 Å². The van der Waals surface area contributed by atoms with E-state index in [1.165, 1.54) is 12.1 Å². The third-order valence-corrected chi connectivity index (χ3v) is 4.08. The Morgan fingerprint density at radius 2 is 1.97 bits per heavy atom. The van der Waals surface area contributed by atoms with Gasteiger partial charge in [-0.2, -0.15) is 0 Å². The number of non-ortho nitro benzene ring substituents is 1. The first-order valence-corrected chi connectivity index (χ1v) is 8.57. The van der Waals surface area contributed by atoms with Crippen LogP contribution in [0.5, 0.6) is 5.75 Å². The number of nitrogens with one attached hydrogen (secondary N) is 1. The maximum absolute atomic E-state index is 12.1. The number of carbonyl (C=O) groups is 3. The number of hydrogen-bond acceptors (Lipinski definition) is 7. The van der Waals surface area contributed by atoms with E-state index in [1.54, 1.807) is 12.1 Å². The Bertz CT molecular complexity index is 972. The average molecular weight is 399 g/mol. The van der Waals surface area contributed by atoms with Crippen LogP contribution in [0.4, 0.5) is 17.1 Å². The fourth-order valence-corrected chi connectivity index (χ4v) is 2.63. The van der Waals surface area contributed by atoms with Crippen molar-refractivity contribution in [3.63, 3.8) is 0 Å². The summed E-state index contributed by atoms with van der Waals surface area (Å²) >= 11 is 0. The second-order valence-electron chi connectivity index (χ2n) is 6.25. The Balaban J connectivity index is 1.61. The van der Waals surface area contributed by atoms with Gasteiger partial charge in [0, 0.05) is 17.8 Å². The molecule has 10 heteroatoms. The van der Waals surface area contributed by atoms with Gasteiger partial charge in [-0.15, -0.1) is 0 Å². The molecule has 0 aromatic heterocycles. The van der Waals surface area contributed by atoms with Gasteiger partial charge in [-0.05, 0) is 25.1 Å². The molecule has 0 spiro atoms. The summed E-state index contributed by atoms with van der Waals surface area (Å²) in [5, 5.41) is 13.5. The lowest BCUT2D eigenvalue weighted by Crippen LogP contribution is -2.42. The molecule has 2 amide bonds. The highest BCUT2D eigenvalue weighted by Gasteiger charge is 2.29. The quantitative estimate of drug-likeness (QED) is 0.446. The van der Waals surface area contributed by atoms with Gasteiger partial charge in [-0.1, -0.05) is 17.7 Å². The molecule has 0 bridgehead atoms. The van der Waals surface area contributed by atoms with Crippen molar-refractivity contribution in [3.05, 3.63) is 58.1 Å². The Morgan fingerprint density at radius 3 is 2.66 bits per heavy atom. The van der Waals surface area contributed by atoms with Gasteiger partial charge in [0.15, 0.2) is 13.2 Å². The molecule has 150 valence electrons. The van der Waals surface area contributed by atoms with Gasteiger partial charge in [0.2, 0.25) is 0 Å². The predicted molar refractivity (Wildman–Crippen MR) is 102 cm³/mol. The van der Waals surface area contributed by atoms with E-state index < -0.39 is 35.9 Å². The van der Waals surface area contributed by atoms with Crippen LogP contribution >= 0.6 is 0 Å². The van der Waals surface area contributed by atoms with E-state index in [1.807, 2.05) is 19.1 Å². The van der Waals surface area contributed by atoms with Crippen LogP contribution in [0.1, 0.15) is 5.56 Å². The van der Waals surface area contributed by atoms with Crippen molar-refractivity contribution in [1.82, 2.24) is 0 Å². The number of aryl methyl sites for hydroxylation is 1. The number of nitro benzene ring substituents is 1. The van der Waals surface area contributed by atoms with Crippen molar-refractivity contribution in [3.8, 4) is 5.75 Å². The third-order valence-electron chi connectivity index (χ3n) is 4.08. The SMILES string of the molecule is Cc1ccc(NC(=O)COC(=O)CN2C(=O)COc3ccc([N+](=O)[O-])cc32)cc1. The number of rotatable bonds is 6. The number of fused-ring (bicyclic) bond motifs is 1. The molecule has 1 heterocycles. The van der Waals surface area contributed by atoms with Crippen molar-refractivity contribution >= 4 is 34.8 Å². The second kappa shape index (κ2) is 8.38. The number of anilines is 2. The molecule has 0 atom stereocenters. The Morgan fingerprint density at radius 1 is 1.24 bits per heavy atom. The van der Waals surface area contributed by atoms with Crippen LogP contribution in [0.25, 0.3) is 0 Å². The Hall–Kier alpha value is -3.95. The van der Waals surface area contributed by atoms with Crippen LogP contribution in [-0.4, -0.2) is 42.5 Å². The standard InChI is InChI=1S/C19H17N3O7/c1-12-2-4-13(5-3-12)20-17(23)10-29-19(25)9-21-15-8-14(22(26)27)6-7-16(15)28-11-18(21)24/h2-8H,9-11H2,1H3,(H,20,23). The monoisotopic (exact) mass is 399 g/mol. The highest BCUT2D eigenvalue weighted by Crippen LogP contribution is 2.35. The average Bonchev–Trinajstić information content (AvgIpc) is 2.70. The van der Waals surface area contributed by atoms with Crippen molar-refractivity contribution in [1.29, 1.82) is 0 Å². The molecule has 1 N–H and O–H groups in total. The van der Waals surface area contributed by atoms with Crippen LogP contribution < -0.4 is 15.0 Å². The molecule has 0 unspecified atom stereocenters. The number of amides is 2. The molecule has 0 radical (unpaired) electrons. The summed E-state index contributed by atoms with van der Waals surface area (Å²) in [7, 11) is 0. The summed E-state index contributed by atoms with van der Waals surface area (Å²) in [4.78, 5) is 47.5. The number of hydrogen-bond donors (Lipinski definition) is 1. The molecule has 3 rings (SSSR count). The topological polar surface area (TPSA) is 128 Å².